The number of carbonyl (C=O) groups is 1. The van der Waals surface area contributed by atoms with E-state index in [1.165, 1.54) is 4.88 Å². The average molecular weight is 239 g/mol. The number of hydrogen-bond acceptors (Lipinski definition) is 4. The van der Waals surface area contributed by atoms with E-state index in [-0.39, 0.29) is 11.9 Å². The molecular weight excluding hydrogens is 222 g/mol. The number of aromatic nitrogens is 1. The minimum Gasteiger partial charge on any atom is -0.335 e. The van der Waals surface area contributed by atoms with Crippen molar-refractivity contribution in [2.24, 2.45) is 5.73 Å². The predicted octanol–water partition coefficient (Wildman–Crippen LogP) is 1.16. The Bertz CT molecular complexity index is 377. The van der Waals surface area contributed by atoms with E-state index in [0.717, 1.165) is 30.8 Å². The average Bonchev–Trinajstić information content (AvgIpc) is 2.73. The van der Waals surface area contributed by atoms with Crippen molar-refractivity contribution in [2.75, 3.05) is 6.54 Å². The molecule has 0 bridgehead atoms. The van der Waals surface area contributed by atoms with Crippen molar-refractivity contribution in [2.45, 2.75) is 38.8 Å². The Morgan fingerprint density at radius 2 is 2.50 bits per heavy atom. The standard InChI is InChI=1S/C11H17N3OS/c1-2-8-6-13-10(16-8)7-14-5-3-4-9(12)11(14)15/h6,9H,2-5,7,12H2,1H3. The van der Waals surface area contributed by atoms with Crippen LogP contribution in [0, 0.1) is 0 Å². The Labute approximate surface area is 99.5 Å². The Balaban J connectivity index is 2.00. The van der Waals surface area contributed by atoms with E-state index in [4.69, 9.17) is 5.73 Å². The van der Waals surface area contributed by atoms with Crippen LogP contribution in [0.1, 0.15) is 29.7 Å². The molecule has 1 aliphatic rings. The Hall–Kier alpha value is -0.940. The van der Waals surface area contributed by atoms with Crippen LogP contribution < -0.4 is 5.73 Å². The molecule has 1 aromatic heterocycles. The second kappa shape index (κ2) is 4.93. The highest BCUT2D eigenvalue weighted by molar-refractivity contribution is 7.11. The molecule has 1 saturated heterocycles. The smallest absolute Gasteiger partial charge is 0.239 e. The van der Waals surface area contributed by atoms with Crippen LogP contribution in [-0.4, -0.2) is 28.4 Å². The van der Waals surface area contributed by atoms with Crippen molar-refractivity contribution >= 4 is 17.2 Å². The number of thiazole rings is 1. The molecule has 2 rings (SSSR count). The molecule has 2 heterocycles. The molecule has 4 nitrogen and oxygen atoms in total. The summed E-state index contributed by atoms with van der Waals surface area (Å²) in [7, 11) is 0. The third-order valence-corrected chi connectivity index (χ3v) is 3.97. The molecule has 1 unspecified atom stereocenters. The summed E-state index contributed by atoms with van der Waals surface area (Å²) < 4.78 is 0. The lowest BCUT2D eigenvalue weighted by molar-refractivity contribution is -0.135. The number of hydrogen-bond donors (Lipinski definition) is 1. The molecule has 5 heteroatoms. The lowest BCUT2D eigenvalue weighted by atomic mass is 10.1. The van der Waals surface area contributed by atoms with Gasteiger partial charge in [-0.15, -0.1) is 11.3 Å². The fourth-order valence-electron chi connectivity index (χ4n) is 1.88. The zero-order valence-electron chi connectivity index (χ0n) is 9.48. The summed E-state index contributed by atoms with van der Waals surface area (Å²) in [6, 6.07) is -0.306. The van der Waals surface area contributed by atoms with Gasteiger partial charge in [0.25, 0.3) is 0 Å². The van der Waals surface area contributed by atoms with Gasteiger partial charge >= 0.3 is 0 Å². The maximum absolute atomic E-state index is 11.8. The second-order valence-corrected chi connectivity index (χ2v) is 5.28. The molecule has 2 N–H and O–H groups in total. The largest absolute Gasteiger partial charge is 0.335 e. The molecule has 88 valence electrons. The molecule has 1 amide bonds. The third-order valence-electron chi connectivity index (χ3n) is 2.85. The molecule has 0 radical (unpaired) electrons. The first kappa shape index (κ1) is 11.5. The molecule has 0 saturated carbocycles. The van der Waals surface area contributed by atoms with E-state index >= 15 is 0 Å². The van der Waals surface area contributed by atoms with Gasteiger partial charge in [-0.2, -0.15) is 0 Å². The maximum Gasteiger partial charge on any atom is 0.239 e. The number of amides is 1. The van der Waals surface area contributed by atoms with Crippen LogP contribution >= 0.6 is 11.3 Å². The van der Waals surface area contributed by atoms with E-state index in [1.807, 2.05) is 11.1 Å². The summed E-state index contributed by atoms with van der Waals surface area (Å²) in [5.41, 5.74) is 5.75. The van der Waals surface area contributed by atoms with Gasteiger partial charge in [0.15, 0.2) is 0 Å². The van der Waals surface area contributed by atoms with Gasteiger partial charge < -0.3 is 10.6 Å². The van der Waals surface area contributed by atoms with Gasteiger partial charge in [-0.25, -0.2) is 4.98 Å². The van der Waals surface area contributed by atoms with Gasteiger partial charge in [-0.1, -0.05) is 6.92 Å². The Morgan fingerprint density at radius 1 is 1.69 bits per heavy atom. The molecule has 1 aromatic rings. The number of likely N-dealkylation sites (tertiary alicyclic amines) is 1. The first-order valence-electron chi connectivity index (χ1n) is 5.68. The van der Waals surface area contributed by atoms with Crippen LogP contribution in [0.3, 0.4) is 0 Å². The van der Waals surface area contributed by atoms with Crippen molar-refractivity contribution in [3.05, 3.63) is 16.1 Å². The van der Waals surface area contributed by atoms with Gasteiger partial charge in [-0.05, 0) is 19.3 Å². The lowest BCUT2D eigenvalue weighted by Gasteiger charge is -2.29. The highest BCUT2D eigenvalue weighted by Crippen LogP contribution is 2.18. The van der Waals surface area contributed by atoms with E-state index in [1.54, 1.807) is 11.3 Å². The van der Waals surface area contributed by atoms with Crippen molar-refractivity contribution in [1.29, 1.82) is 0 Å². The highest BCUT2D eigenvalue weighted by atomic mass is 32.1. The molecule has 0 aliphatic carbocycles. The molecule has 0 aromatic carbocycles. The van der Waals surface area contributed by atoms with E-state index in [9.17, 15) is 4.79 Å². The number of nitrogens with zero attached hydrogens (tertiary/aromatic N) is 2. The molecule has 16 heavy (non-hydrogen) atoms. The van der Waals surface area contributed by atoms with Crippen LogP contribution in [-0.2, 0) is 17.8 Å². The van der Waals surface area contributed by atoms with Crippen molar-refractivity contribution in [3.63, 3.8) is 0 Å². The highest BCUT2D eigenvalue weighted by Gasteiger charge is 2.26. The number of piperidine rings is 1. The second-order valence-electron chi connectivity index (χ2n) is 4.08. The Kier molecular flexibility index (Phi) is 3.56. The van der Waals surface area contributed by atoms with E-state index < -0.39 is 0 Å². The lowest BCUT2D eigenvalue weighted by Crippen LogP contribution is -2.47. The molecular formula is C11H17N3OS. The zero-order valence-corrected chi connectivity index (χ0v) is 10.3. The number of nitrogens with two attached hydrogens (primary N) is 1. The van der Waals surface area contributed by atoms with Crippen molar-refractivity contribution < 1.29 is 4.79 Å². The van der Waals surface area contributed by atoms with Gasteiger partial charge in [0.05, 0.1) is 12.6 Å². The van der Waals surface area contributed by atoms with Crippen LogP contribution in [0.15, 0.2) is 6.20 Å². The maximum atomic E-state index is 11.8. The zero-order chi connectivity index (χ0) is 11.5. The predicted molar refractivity (Wildman–Crippen MR) is 64.1 cm³/mol. The fourth-order valence-corrected chi connectivity index (χ4v) is 2.75. The quantitative estimate of drug-likeness (QED) is 0.861. The molecule has 1 fully saturated rings. The van der Waals surface area contributed by atoms with Gasteiger partial charge in [-0.3, -0.25) is 4.79 Å². The van der Waals surface area contributed by atoms with Crippen LogP contribution in [0.2, 0.25) is 0 Å². The summed E-state index contributed by atoms with van der Waals surface area (Å²) in [6.07, 6.45) is 4.71. The third kappa shape index (κ3) is 2.41. The minimum absolute atomic E-state index is 0.0690. The summed E-state index contributed by atoms with van der Waals surface area (Å²) in [4.78, 5) is 19.2. The Morgan fingerprint density at radius 3 is 3.19 bits per heavy atom. The first-order valence-corrected chi connectivity index (χ1v) is 6.50. The summed E-state index contributed by atoms with van der Waals surface area (Å²) in [6.45, 7) is 3.55. The van der Waals surface area contributed by atoms with E-state index in [2.05, 4.69) is 11.9 Å². The molecule has 1 aliphatic heterocycles. The van der Waals surface area contributed by atoms with Crippen LogP contribution in [0.4, 0.5) is 0 Å². The summed E-state index contributed by atoms with van der Waals surface area (Å²) in [5, 5.41) is 1.01. The van der Waals surface area contributed by atoms with Crippen LogP contribution in [0.5, 0.6) is 0 Å². The monoisotopic (exact) mass is 239 g/mol. The number of carbonyl (C=O) groups excluding carboxylic acids is 1. The van der Waals surface area contributed by atoms with Gasteiger partial charge in [0.2, 0.25) is 5.91 Å². The molecule has 1 atom stereocenters. The number of aryl methyl sites for hydroxylation is 1. The van der Waals surface area contributed by atoms with E-state index in [0.29, 0.717) is 6.54 Å². The minimum atomic E-state index is -0.306. The summed E-state index contributed by atoms with van der Waals surface area (Å²) >= 11 is 1.68. The fraction of sp³-hybridized carbons (Fsp3) is 0.636. The SMILES string of the molecule is CCc1cnc(CN2CCCC(N)C2=O)s1. The number of rotatable bonds is 3. The van der Waals surface area contributed by atoms with Gasteiger partial charge in [0.1, 0.15) is 5.01 Å². The summed E-state index contributed by atoms with van der Waals surface area (Å²) in [5.74, 6) is 0.0690. The normalized spacial score (nSPS) is 21.5. The van der Waals surface area contributed by atoms with Crippen molar-refractivity contribution in [3.8, 4) is 0 Å². The topological polar surface area (TPSA) is 59.2 Å². The first-order chi connectivity index (χ1) is 7.70. The van der Waals surface area contributed by atoms with Crippen LogP contribution in [0.25, 0.3) is 0 Å². The van der Waals surface area contributed by atoms with Gasteiger partial charge in [0, 0.05) is 17.6 Å². The molecule has 0 spiro atoms. The van der Waals surface area contributed by atoms with Crippen molar-refractivity contribution in [1.82, 2.24) is 9.88 Å².